The molecule has 1 aromatic heterocycles. The van der Waals surface area contributed by atoms with Crippen LogP contribution in [0.3, 0.4) is 0 Å². The van der Waals surface area contributed by atoms with E-state index in [4.69, 9.17) is 0 Å². The molecule has 0 bridgehead atoms. The van der Waals surface area contributed by atoms with Crippen LogP contribution in [0, 0.1) is 6.92 Å². The van der Waals surface area contributed by atoms with Crippen molar-refractivity contribution in [2.24, 2.45) is 0 Å². The Morgan fingerprint density at radius 2 is 2.00 bits per heavy atom. The van der Waals surface area contributed by atoms with Crippen LogP contribution in [0.2, 0.25) is 0 Å². The number of benzene rings is 1. The van der Waals surface area contributed by atoms with E-state index in [2.05, 4.69) is 10.3 Å². The van der Waals surface area contributed by atoms with Crippen LogP contribution in [-0.2, 0) is 28.6 Å². The van der Waals surface area contributed by atoms with Crippen LogP contribution in [0.1, 0.15) is 41.3 Å². The van der Waals surface area contributed by atoms with Gasteiger partial charge < -0.3 is 10.4 Å². The molecule has 1 aliphatic heterocycles. The lowest BCUT2D eigenvalue weighted by Gasteiger charge is -2.31. The van der Waals surface area contributed by atoms with Gasteiger partial charge in [-0.15, -0.1) is 0 Å². The van der Waals surface area contributed by atoms with Gasteiger partial charge in [0.25, 0.3) is 11.5 Å². The third-order valence-electron chi connectivity index (χ3n) is 4.54. The van der Waals surface area contributed by atoms with Crippen molar-refractivity contribution in [3.8, 4) is 5.75 Å². The van der Waals surface area contributed by atoms with Crippen LogP contribution in [0.4, 0.5) is 0 Å². The molecule has 26 heavy (non-hydrogen) atoms. The molecule has 8 heteroatoms. The number of aryl methyl sites for hydroxylation is 1. The van der Waals surface area contributed by atoms with Gasteiger partial charge in [0.15, 0.2) is 5.69 Å². The summed E-state index contributed by atoms with van der Waals surface area (Å²) in [5.41, 5.74) is 0.984. The Kier molecular flexibility index (Phi) is 4.70. The first-order chi connectivity index (χ1) is 12.2. The van der Waals surface area contributed by atoms with Crippen molar-refractivity contribution < 1.29 is 14.1 Å². The average molecular weight is 375 g/mol. The Morgan fingerprint density at radius 1 is 1.35 bits per heavy atom. The lowest BCUT2D eigenvalue weighted by Crippen LogP contribution is -2.43. The number of nitrogens with zero attached hydrogens (tertiary/aromatic N) is 2. The molecule has 0 aliphatic carbocycles. The number of aromatic nitrogens is 2. The molecule has 1 aliphatic rings. The van der Waals surface area contributed by atoms with E-state index >= 15 is 0 Å². The third-order valence-corrected chi connectivity index (χ3v) is 6.42. The highest BCUT2D eigenvalue weighted by Crippen LogP contribution is 2.30. The molecule has 1 amide bonds. The molecule has 1 aromatic carbocycles. The lowest BCUT2D eigenvalue weighted by atomic mass is 10.1. The molecule has 0 saturated carbocycles. The minimum Gasteiger partial charge on any atom is -0.501 e. The van der Waals surface area contributed by atoms with Crippen molar-refractivity contribution in [2.75, 3.05) is 5.75 Å². The second kappa shape index (κ2) is 6.68. The first-order valence-corrected chi connectivity index (χ1v) is 9.60. The van der Waals surface area contributed by atoms with E-state index in [1.165, 1.54) is 4.57 Å². The van der Waals surface area contributed by atoms with Gasteiger partial charge in [-0.2, -0.15) is 0 Å². The van der Waals surface area contributed by atoms with Crippen LogP contribution in [-0.4, -0.2) is 30.5 Å². The van der Waals surface area contributed by atoms with Crippen molar-refractivity contribution in [2.45, 2.75) is 38.6 Å². The molecule has 0 fully saturated rings. The van der Waals surface area contributed by atoms with E-state index in [9.17, 15) is 18.9 Å². The second-order valence-electron chi connectivity index (χ2n) is 6.82. The SMILES string of the molecule is Cc1ccc(CNC(=O)c2nc3n(c(=O)c2O)CCS(=O)C3(C)C)cc1. The molecule has 2 N–H and O–H groups in total. The first kappa shape index (κ1) is 18.3. The molecule has 0 radical (unpaired) electrons. The Hall–Kier alpha value is -2.48. The molecule has 2 aromatic rings. The maximum Gasteiger partial charge on any atom is 0.296 e. The van der Waals surface area contributed by atoms with E-state index in [-0.39, 0.29) is 24.6 Å². The minimum atomic E-state index is -1.22. The number of nitrogens with one attached hydrogen (secondary N) is 1. The minimum absolute atomic E-state index is 0.204. The number of carbonyl (C=O) groups excluding carboxylic acids is 1. The molecule has 2 heterocycles. The highest BCUT2D eigenvalue weighted by molar-refractivity contribution is 7.86. The molecule has 3 rings (SSSR count). The topological polar surface area (TPSA) is 101 Å². The highest BCUT2D eigenvalue weighted by Gasteiger charge is 2.38. The fourth-order valence-corrected chi connectivity index (χ4v) is 4.09. The summed E-state index contributed by atoms with van der Waals surface area (Å²) in [6.07, 6.45) is 0. The van der Waals surface area contributed by atoms with Gasteiger partial charge in [0.2, 0.25) is 5.75 Å². The number of hydrogen-bond donors (Lipinski definition) is 2. The molecule has 0 spiro atoms. The van der Waals surface area contributed by atoms with Gasteiger partial charge in [0.1, 0.15) is 5.82 Å². The summed E-state index contributed by atoms with van der Waals surface area (Å²) in [6.45, 7) is 5.84. The summed E-state index contributed by atoms with van der Waals surface area (Å²) in [4.78, 5) is 29.1. The molecule has 1 unspecified atom stereocenters. The Balaban J connectivity index is 1.92. The summed E-state index contributed by atoms with van der Waals surface area (Å²) in [6, 6.07) is 7.63. The Morgan fingerprint density at radius 3 is 2.65 bits per heavy atom. The number of amides is 1. The van der Waals surface area contributed by atoms with E-state index in [0.717, 1.165) is 11.1 Å². The summed E-state index contributed by atoms with van der Waals surface area (Å²) in [7, 11) is -1.22. The van der Waals surface area contributed by atoms with E-state index in [0.29, 0.717) is 5.75 Å². The standard InChI is InChI=1S/C18H21N3O4S/c1-11-4-6-12(7-5-11)10-19-15(23)13-14(22)16(24)21-8-9-26(25)18(2,3)17(21)20-13/h4-7,22H,8-10H2,1-3H3,(H,19,23). The maximum atomic E-state index is 12.5. The Bertz CT molecular complexity index is 948. The van der Waals surface area contributed by atoms with Gasteiger partial charge in [-0.1, -0.05) is 29.8 Å². The summed E-state index contributed by atoms with van der Waals surface area (Å²) < 4.78 is 12.7. The zero-order chi connectivity index (χ0) is 19.1. The molecule has 1 atom stereocenters. The van der Waals surface area contributed by atoms with E-state index in [1.807, 2.05) is 31.2 Å². The van der Waals surface area contributed by atoms with Crippen LogP contribution >= 0.6 is 0 Å². The number of aromatic hydroxyl groups is 1. The zero-order valence-electron chi connectivity index (χ0n) is 14.9. The lowest BCUT2D eigenvalue weighted by molar-refractivity contribution is 0.0941. The fourth-order valence-electron chi connectivity index (χ4n) is 2.87. The van der Waals surface area contributed by atoms with Crippen molar-refractivity contribution >= 4 is 16.7 Å². The number of carbonyl (C=O) groups is 1. The monoisotopic (exact) mass is 375 g/mol. The van der Waals surface area contributed by atoms with Crippen LogP contribution in [0.5, 0.6) is 5.75 Å². The smallest absolute Gasteiger partial charge is 0.296 e. The maximum absolute atomic E-state index is 12.5. The summed E-state index contributed by atoms with van der Waals surface area (Å²) in [5.74, 6) is -0.764. The van der Waals surface area contributed by atoms with Crippen LogP contribution in [0.15, 0.2) is 29.1 Å². The highest BCUT2D eigenvalue weighted by atomic mass is 32.2. The fraction of sp³-hybridized carbons (Fsp3) is 0.389. The quantitative estimate of drug-likeness (QED) is 0.839. The number of fused-ring (bicyclic) bond motifs is 1. The Labute approximate surface area is 153 Å². The first-order valence-electron chi connectivity index (χ1n) is 8.28. The van der Waals surface area contributed by atoms with Gasteiger partial charge in [-0.3, -0.25) is 18.4 Å². The zero-order valence-corrected chi connectivity index (χ0v) is 15.7. The van der Waals surface area contributed by atoms with Crippen LogP contribution in [0.25, 0.3) is 0 Å². The van der Waals surface area contributed by atoms with Gasteiger partial charge >= 0.3 is 0 Å². The predicted molar refractivity (Wildman–Crippen MR) is 98.5 cm³/mol. The van der Waals surface area contributed by atoms with Crippen molar-refractivity contribution in [3.05, 3.63) is 57.3 Å². The largest absolute Gasteiger partial charge is 0.501 e. The van der Waals surface area contributed by atoms with Crippen molar-refractivity contribution in [1.82, 2.24) is 14.9 Å². The van der Waals surface area contributed by atoms with Crippen LogP contribution < -0.4 is 10.9 Å². The van der Waals surface area contributed by atoms with Gasteiger partial charge in [0.05, 0.1) is 4.75 Å². The second-order valence-corrected chi connectivity index (χ2v) is 8.94. The normalized spacial score (nSPS) is 18.2. The number of hydrogen-bond acceptors (Lipinski definition) is 5. The summed E-state index contributed by atoms with van der Waals surface area (Å²) >= 11 is 0. The van der Waals surface area contributed by atoms with Gasteiger partial charge in [-0.05, 0) is 26.3 Å². The molecule has 138 valence electrons. The molecular formula is C18H21N3O4S. The van der Waals surface area contributed by atoms with Gasteiger partial charge in [0, 0.05) is 29.6 Å². The number of rotatable bonds is 3. The van der Waals surface area contributed by atoms with Crippen molar-refractivity contribution in [1.29, 1.82) is 0 Å². The molecular weight excluding hydrogens is 354 g/mol. The van der Waals surface area contributed by atoms with Gasteiger partial charge in [-0.25, -0.2) is 4.98 Å². The summed E-state index contributed by atoms with van der Waals surface area (Å²) in [5, 5.41) is 12.8. The van der Waals surface area contributed by atoms with E-state index < -0.39 is 32.8 Å². The van der Waals surface area contributed by atoms with Crippen molar-refractivity contribution in [3.63, 3.8) is 0 Å². The average Bonchev–Trinajstić information content (AvgIpc) is 2.60. The third kappa shape index (κ3) is 3.16. The van der Waals surface area contributed by atoms with E-state index in [1.54, 1.807) is 13.8 Å². The molecule has 0 saturated heterocycles. The predicted octanol–water partition coefficient (Wildman–Crippen LogP) is 1.18. The molecule has 7 nitrogen and oxygen atoms in total.